The zero-order chi connectivity index (χ0) is 14.5. The monoisotopic (exact) mass is 279 g/mol. The average Bonchev–Trinajstić information content (AvgIpc) is 2.45. The number of ether oxygens (including phenoxy) is 1. The SMILES string of the molecule is NC1CCCN(C(=O)COc2cccc([N+](=O)[O-])c2)C1. The van der Waals surface area contributed by atoms with Crippen LogP contribution in [0.4, 0.5) is 5.69 Å². The van der Waals surface area contributed by atoms with E-state index in [4.69, 9.17) is 10.5 Å². The molecule has 1 saturated heterocycles. The number of rotatable bonds is 4. The summed E-state index contributed by atoms with van der Waals surface area (Å²) in [5, 5.41) is 10.6. The molecule has 1 aromatic rings. The van der Waals surface area contributed by atoms with E-state index in [0.717, 1.165) is 12.8 Å². The van der Waals surface area contributed by atoms with Crippen molar-refractivity contribution in [3.05, 3.63) is 34.4 Å². The van der Waals surface area contributed by atoms with E-state index in [2.05, 4.69) is 0 Å². The largest absolute Gasteiger partial charge is 0.484 e. The summed E-state index contributed by atoms with van der Waals surface area (Å²) in [4.78, 5) is 23.8. The summed E-state index contributed by atoms with van der Waals surface area (Å²) >= 11 is 0. The molecule has 0 aliphatic carbocycles. The highest BCUT2D eigenvalue weighted by Gasteiger charge is 2.21. The first-order chi connectivity index (χ1) is 9.56. The van der Waals surface area contributed by atoms with Gasteiger partial charge in [0.2, 0.25) is 0 Å². The lowest BCUT2D eigenvalue weighted by Crippen LogP contribution is -2.47. The van der Waals surface area contributed by atoms with Gasteiger partial charge in [0.1, 0.15) is 5.75 Å². The third-order valence-electron chi connectivity index (χ3n) is 3.20. The van der Waals surface area contributed by atoms with Gasteiger partial charge in [-0.2, -0.15) is 0 Å². The normalized spacial score (nSPS) is 18.6. The molecular formula is C13H17N3O4. The Morgan fingerprint density at radius 2 is 2.35 bits per heavy atom. The molecule has 0 aromatic heterocycles. The van der Waals surface area contributed by atoms with Crippen molar-refractivity contribution >= 4 is 11.6 Å². The van der Waals surface area contributed by atoms with Crippen LogP contribution in [0.25, 0.3) is 0 Å². The van der Waals surface area contributed by atoms with Crippen LogP contribution >= 0.6 is 0 Å². The Kier molecular flexibility index (Phi) is 4.52. The third kappa shape index (κ3) is 3.67. The Bertz CT molecular complexity index is 506. The molecule has 0 bridgehead atoms. The molecule has 108 valence electrons. The summed E-state index contributed by atoms with van der Waals surface area (Å²) in [7, 11) is 0. The number of benzene rings is 1. The fourth-order valence-electron chi connectivity index (χ4n) is 2.16. The van der Waals surface area contributed by atoms with E-state index in [-0.39, 0.29) is 24.2 Å². The second kappa shape index (κ2) is 6.33. The highest BCUT2D eigenvalue weighted by Crippen LogP contribution is 2.19. The molecule has 1 aromatic carbocycles. The van der Waals surface area contributed by atoms with E-state index in [1.165, 1.54) is 18.2 Å². The van der Waals surface area contributed by atoms with E-state index in [1.54, 1.807) is 11.0 Å². The number of piperidine rings is 1. The summed E-state index contributed by atoms with van der Waals surface area (Å²) in [5.41, 5.74) is 5.75. The fourth-order valence-corrected chi connectivity index (χ4v) is 2.16. The van der Waals surface area contributed by atoms with Crippen LogP contribution in [0.5, 0.6) is 5.75 Å². The van der Waals surface area contributed by atoms with E-state index in [9.17, 15) is 14.9 Å². The number of carbonyl (C=O) groups excluding carboxylic acids is 1. The molecule has 1 amide bonds. The maximum atomic E-state index is 11.9. The Morgan fingerprint density at radius 3 is 3.05 bits per heavy atom. The number of likely N-dealkylation sites (tertiary alicyclic amines) is 1. The molecule has 2 N–H and O–H groups in total. The van der Waals surface area contributed by atoms with Crippen LogP contribution in [0.15, 0.2) is 24.3 Å². The summed E-state index contributed by atoms with van der Waals surface area (Å²) in [6.07, 6.45) is 1.82. The number of amides is 1. The van der Waals surface area contributed by atoms with Gasteiger partial charge in [-0.1, -0.05) is 6.07 Å². The van der Waals surface area contributed by atoms with Gasteiger partial charge in [0.25, 0.3) is 11.6 Å². The number of nitrogens with two attached hydrogens (primary N) is 1. The van der Waals surface area contributed by atoms with Gasteiger partial charge in [0.05, 0.1) is 11.0 Å². The quantitative estimate of drug-likeness (QED) is 0.652. The van der Waals surface area contributed by atoms with Crippen molar-refractivity contribution in [2.75, 3.05) is 19.7 Å². The van der Waals surface area contributed by atoms with Crippen molar-refractivity contribution in [2.45, 2.75) is 18.9 Å². The van der Waals surface area contributed by atoms with Crippen LogP contribution in [0.3, 0.4) is 0 Å². The van der Waals surface area contributed by atoms with Gasteiger partial charge in [-0.25, -0.2) is 0 Å². The smallest absolute Gasteiger partial charge is 0.273 e. The molecule has 0 radical (unpaired) electrons. The first-order valence-corrected chi connectivity index (χ1v) is 6.47. The summed E-state index contributed by atoms with van der Waals surface area (Å²) < 4.78 is 5.31. The first kappa shape index (κ1) is 14.3. The summed E-state index contributed by atoms with van der Waals surface area (Å²) in [6.45, 7) is 1.09. The number of hydrogen-bond donors (Lipinski definition) is 1. The number of nitrogens with zero attached hydrogens (tertiary/aromatic N) is 2. The Morgan fingerprint density at radius 1 is 1.55 bits per heavy atom. The number of nitro benzene ring substituents is 1. The molecule has 1 heterocycles. The van der Waals surface area contributed by atoms with Crippen LogP contribution in [0.2, 0.25) is 0 Å². The second-order valence-electron chi connectivity index (χ2n) is 4.79. The fraction of sp³-hybridized carbons (Fsp3) is 0.462. The first-order valence-electron chi connectivity index (χ1n) is 6.47. The van der Waals surface area contributed by atoms with E-state index in [1.807, 2.05) is 0 Å². The number of non-ortho nitro benzene ring substituents is 1. The molecule has 7 heteroatoms. The molecule has 2 rings (SSSR count). The molecule has 1 fully saturated rings. The Labute approximate surface area is 116 Å². The maximum Gasteiger partial charge on any atom is 0.273 e. The van der Waals surface area contributed by atoms with Crippen LogP contribution in [-0.2, 0) is 4.79 Å². The Hall–Kier alpha value is -2.15. The Balaban J connectivity index is 1.89. The van der Waals surface area contributed by atoms with E-state index >= 15 is 0 Å². The van der Waals surface area contributed by atoms with Crippen molar-refractivity contribution in [3.63, 3.8) is 0 Å². The lowest BCUT2D eigenvalue weighted by atomic mass is 10.1. The van der Waals surface area contributed by atoms with Crippen LogP contribution in [-0.4, -0.2) is 41.5 Å². The lowest BCUT2D eigenvalue weighted by molar-refractivity contribution is -0.384. The third-order valence-corrected chi connectivity index (χ3v) is 3.20. The van der Waals surface area contributed by atoms with Crippen molar-refractivity contribution < 1.29 is 14.5 Å². The molecule has 7 nitrogen and oxygen atoms in total. The second-order valence-corrected chi connectivity index (χ2v) is 4.79. The highest BCUT2D eigenvalue weighted by atomic mass is 16.6. The minimum atomic E-state index is -0.502. The van der Waals surface area contributed by atoms with Gasteiger partial charge in [0, 0.05) is 25.2 Å². The molecule has 1 atom stereocenters. The number of hydrogen-bond acceptors (Lipinski definition) is 5. The van der Waals surface area contributed by atoms with Crippen molar-refractivity contribution in [1.29, 1.82) is 0 Å². The minimum Gasteiger partial charge on any atom is -0.484 e. The van der Waals surface area contributed by atoms with Crippen molar-refractivity contribution in [2.24, 2.45) is 5.73 Å². The van der Waals surface area contributed by atoms with Crippen LogP contribution in [0, 0.1) is 10.1 Å². The molecular weight excluding hydrogens is 262 g/mol. The predicted octanol–water partition coefficient (Wildman–Crippen LogP) is 0.923. The predicted molar refractivity (Wildman–Crippen MR) is 72.4 cm³/mol. The van der Waals surface area contributed by atoms with Crippen molar-refractivity contribution in [1.82, 2.24) is 4.90 Å². The molecule has 1 aliphatic rings. The minimum absolute atomic E-state index is 0.0190. The highest BCUT2D eigenvalue weighted by molar-refractivity contribution is 5.78. The molecule has 1 unspecified atom stereocenters. The number of carbonyl (C=O) groups is 1. The van der Waals surface area contributed by atoms with E-state index < -0.39 is 4.92 Å². The van der Waals surface area contributed by atoms with Gasteiger partial charge in [-0.3, -0.25) is 14.9 Å². The average molecular weight is 279 g/mol. The zero-order valence-corrected chi connectivity index (χ0v) is 11.0. The topological polar surface area (TPSA) is 98.7 Å². The lowest BCUT2D eigenvalue weighted by Gasteiger charge is -2.30. The van der Waals surface area contributed by atoms with Gasteiger partial charge < -0.3 is 15.4 Å². The van der Waals surface area contributed by atoms with Crippen LogP contribution < -0.4 is 10.5 Å². The van der Waals surface area contributed by atoms with Gasteiger partial charge in [-0.15, -0.1) is 0 Å². The molecule has 1 aliphatic heterocycles. The van der Waals surface area contributed by atoms with Crippen LogP contribution in [0.1, 0.15) is 12.8 Å². The molecule has 0 saturated carbocycles. The van der Waals surface area contributed by atoms with Crippen molar-refractivity contribution in [3.8, 4) is 5.75 Å². The van der Waals surface area contributed by atoms with E-state index in [0.29, 0.717) is 18.8 Å². The molecule has 20 heavy (non-hydrogen) atoms. The molecule has 0 spiro atoms. The van der Waals surface area contributed by atoms with Gasteiger partial charge in [0.15, 0.2) is 6.61 Å². The standard InChI is InChI=1S/C13H17N3O4/c14-10-3-2-6-15(8-10)13(17)9-20-12-5-1-4-11(7-12)16(18)19/h1,4-5,7,10H,2-3,6,8-9,14H2. The summed E-state index contributed by atoms with van der Waals surface area (Å²) in [5.74, 6) is 0.167. The summed E-state index contributed by atoms with van der Waals surface area (Å²) in [6, 6.07) is 5.80. The maximum absolute atomic E-state index is 11.9. The zero-order valence-electron chi connectivity index (χ0n) is 11.0. The van der Waals surface area contributed by atoms with Gasteiger partial charge in [-0.05, 0) is 18.9 Å². The number of nitro groups is 1. The van der Waals surface area contributed by atoms with Gasteiger partial charge >= 0.3 is 0 Å².